The minimum Gasteiger partial charge on any atom is -0.480 e. The van der Waals surface area contributed by atoms with Crippen molar-refractivity contribution in [3.8, 4) is 0 Å². The van der Waals surface area contributed by atoms with Gasteiger partial charge in [-0.2, -0.15) is 0 Å². The van der Waals surface area contributed by atoms with Gasteiger partial charge in [-0.3, -0.25) is 4.79 Å². The molecule has 1 heterocycles. The lowest BCUT2D eigenvalue weighted by atomic mass is 9.94. The van der Waals surface area contributed by atoms with Gasteiger partial charge in [-0.25, -0.2) is 4.79 Å². The average molecular weight is 254 g/mol. The molecule has 0 aromatic carbocycles. The summed E-state index contributed by atoms with van der Waals surface area (Å²) in [5.41, 5.74) is 5.75. The summed E-state index contributed by atoms with van der Waals surface area (Å²) >= 11 is 0. The van der Waals surface area contributed by atoms with Crippen LogP contribution in [-0.2, 0) is 9.59 Å². The lowest BCUT2D eigenvalue weighted by Crippen LogP contribution is -2.48. The second kappa shape index (κ2) is 4.88. The molecule has 0 spiro atoms. The Balaban J connectivity index is 2.17. The van der Waals surface area contributed by atoms with Crippen molar-refractivity contribution in [1.29, 1.82) is 0 Å². The van der Waals surface area contributed by atoms with Gasteiger partial charge in [0.1, 0.15) is 6.04 Å². The van der Waals surface area contributed by atoms with E-state index in [-0.39, 0.29) is 23.8 Å². The van der Waals surface area contributed by atoms with Crippen molar-refractivity contribution in [3.63, 3.8) is 0 Å². The van der Waals surface area contributed by atoms with Gasteiger partial charge in [0.25, 0.3) is 0 Å². The number of carbonyl (C=O) groups excluding carboxylic acids is 1. The number of carboxylic acid groups (broad SMARTS) is 1. The summed E-state index contributed by atoms with van der Waals surface area (Å²) in [6, 6.07) is -0.876. The minimum absolute atomic E-state index is 0.105. The summed E-state index contributed by atoms with van der Waals surface area (Å²) < 4.78 is 0. The second-order valence-electron chi connectivity index (χ2n) is 5.78. The monoisotopic (exact) mass is 254 g/mol. The van der Waals surface area contributed by atoms with E-state index in [4.69, 9.17) is 5.73 Å². The molecule has 5 atom stereocenters. The van der Waals surface area contributed by atoms with Crippen LogP contribution in [-0.4, -0.2) is 40.5 Å². The summed E-state index contributed by atoms with van der Waals surface area (Å²) in [6.07, 6.45) is 3.06. The molecule has 2 aliphatic rings. The zero-order valence-corrected chi connectivity index (χ0v) is 11.0. The summed E-state index contributed by atoms with van der Waals surface area (Å²) in [5, 5.41) is 9.37. The van der Waals surface area contributed by atoms with Crippen molar-refractivity contribution in [1.82, 2.24) is 4.90 Å². The summed E-state index contributed by atoms with van der Waals surface area (Å²) in [5.74, 6) is -0.769. The Morgan fingerprint density at radius 3 is 2.56 bits per heavy atom. The molecule has 1 saturated heterocycles. The van der Waals surface area contributed by atoms with Crippen LogP contribution in [0.25, 0.3) is 0 Å². The number of amides is 1. The van der Waals surface area contributed by atoms with Gasteiger partial charge in [0.2, 0.25) is 5.91 Å². The Kier molecular flexibility index (Phi) is 3.61. The van der Waals surface area contributed by atoms with Gasteiger partial charge in [0.15, 0.2) is 0 Å². The van der Waals surface area contributed by atoms with Gasteiger partial charge < -0.3 is 15.7 Å². The van der Waals surface area contributed by atoms with Crippen LogP contribution in [0, 0.1) is 17.8 Å². The molecule has 102 valence electrons. The Morgan fingerprint density at radius 2 is 2.00 bits per heavy atom. The number of hydrogen-bond donors (Lipinski definition) is 2. The molecule has 3 N–H and O–H groups in total. The van der Waals surface area contributed by atoms with E-state index in [0.717, 1.165) is 19.3 Å². The third-order valence-electron chi connectivity index (χ3n) is 4.60. The molecular weight excluding hydrogens is 232 g/mol. The van der Waals surface area contributed by atoms with Crippen LogP contribution in [0.2, 0.25) is 0 Å². The highest BCUT2D eigenvalue weighted by Gasteiger charge is 2.50. The lowest BCUT2D eigenvalue weighted by Gasteiger charge is -2.28. The van der Waals surface area contributed by atoms with E-state index in [2.05, 4.69) is 0 Å². The molecule has 0 aromatic rings. The summed E-state index contributed by atoms with van der Waals surface area (Å²) in [4.78, 5) is 25.3. The van der Waals surface area contributed by atoms with Gasteiger partial charge in [0, 0.05) is 12.6 Å². The second-order valence-corrected chi connectivity index (χ2v) is 5.78. The number of likely N-dealkylation sites (tertiary alicyclic amines) is 1. The van der Waals surface area contributed by atoms with Crippen molar-refractivity contribution >= 4 is 11.9 Å². The number of fused-ring (bicyclic) bond motifs is 1. The highest BCUT2D eigenvalue weighted by atomic mass is 16.4. The molecule has 2 rings (SSSR count). The molecule has 18 heavy (non-hydrogen) atoms. The molecule has 0 radical (unpaired) electrons. The number of nitrogens with zero attached hydrogens (tertiary/aromatic N) is 1. The van der Waals surface area contributed by atoms with Gasteiger partial charge in [0.05, 0.1) is 5.92 Å². The number of carbonyl (C=O) groups is 2. The molecule has 0 bridgehead atoms. The first-order valence-corrected chi connectivity index (χ1v) is 6.72. The van der Waals surface area contributed by atoms with Crippen LogP contribution >= 0.6 is 0 Å². The molecule has 5 nitrogen and oxygen atoms in total. The van der Waals surface area contributed by atoms with Gasteiger partial charge >= 0.3 is 5.97 Å². The number of carboxylic acids is 1. The Labute approximate surface area is 107 Å². The average Bonchev–Trinajstić information content (AvgIpc) is 2.85. The molecule has 1 aliphatic carbocycles. The predicted octanol–water partition coefficient (Wildman–Crippen LogP) is 0.681. The fourth-order valence-electron chi connectivity index (χ4n) is 3.34. The van der Waals surface area contributed by atoms with Gasteiger partial charge in [-0.05, 0) is 31.6 Å². The van der Waals surface area contributed by atoms with Crippen molar-refractivity contribution in [3.05, 3.63) is 0 Å². The smallest absolute Gasteiger partial charge is 0.326 e. The third kappa shape index (κ3) is 2.11. The number of rotatable bonds is 3. The molecule has 5 heteroatoms. The number of hydrogen-bond acceptors (Lipinski definition) is 3. The standard InChI is InChI=1S/C13H22N2O3/c1-7(8(2)14)12(16)15-6-9-4-3-5-10(9)11(15)13(17)18/h7-11H,3-6,14H2,1-2H3,(H,17,18). The van der Waals surface area contributed by atoms with Gasteiger partial charge in [-0.15, -0.1) is 0 Å². The van der Waals surface area contributed by atoms with E-state index >= 15 is 0 Å². The number of aliphatic carboxylic acids is 1. The first kappa shape index (κ1) is 13.3. The zero-order valence-electron chi connectivity index (χ0n) is 11.0. The first-order chi connectivity index (χ1) is 8.43. The molecule has 1 amide bonds. The van der Waals surface area contributed by atoms with Crippen molar-refractivity contribution in [2.45, 2.75) is 45.2 Å². The van der Waals surface area contributed by atoms with Crippen LogP contribution in [0.1, 0.15) is 33.1 Å². The molecule has 0 aromatic heterocycles. The highest BCUT2D eigenvalue weighted by Crippen LogP contribution is 2.42. The maximum atomic E-state index is 12.3. The largest absolute Gasteiger partial charge is 0.480 e. The third-order valence-corrected chi connectivity index (χ3v) is 4.60. The van der Waals surface area contributed by atoms with Crippen molar-refractivity contribution < 1.29 is 14.7 Å². The van der Waals surface area contributed by atoms with Crippen LogP contribution in [0.15, 0.2) is 0 Å². The van der Waals surface area contributed by atoms with E-state index in [1.165, 1.54) is 0 Å². The topological polar surface area (TPSA) is 83.6 Å². The molecule has 1 saturated carbocycles. The Bertz CT molecular complexity index is 356. The van der Waals surface area contributed by atoms with E-state index in [0.29, 0.717) is 12.5 Å². The molecule has 1 aliphatic heterocycles. The van der Waals surface area contributed by atoms with Crippen LogP contribution in [0.5, 0.6) is 0 Å². The van der Waals surface area contributed by atoms with Crippen LogP contribution in [0.3, 0.4) is 0 Å². The van der Waals surface area contributed by atoms with Crippen molar-refractivity contribution in [2.24, 2.45) is 23.5 Å². The maximum Gasteiger partial charge on any atom is 0.326 e. The maximum absolute atomic E-state index is 12.3. The van der Waals surface area contributed by atoms with Crippen LogP contribution in [0.4, 0.5) is 0 Å². The van der Waals surface area contributed by atoms with Crippen LogP contribution < -0.4 is 5.73 Å². The van der Waals surface area contributed by atoms with E-state index < -0.39 is 12.0 Å². The first-order valence-electron chi connectivity index (χ1n) is 6.72. The molecule has 2 fully saturated rings. The normalized spacial score (nSPS) is 34.2. The lowest BCUT2D eigenvalue weighted by molar-refractivity contribution is -0.151. The summed E-state index contributed by atoms with van der Waals surface area (Å²) in [7, 11) is 0. The van der Waals surface area contributed by atoms with E-state index in [1.54, 1.807) is 18.7 Å². The quantitative estimate of drug-likeness (QED) is 0.776. The summed E-state index contributed by atoms with van der Waals surface area (Å²) in [6.45, 7) is 4.16. The fraction of sp³-hybridized carbons (Fsp3) is 0.846. The predicted molar refractivity (Wildman–Crippen MR) is 66.8 cm³/mol. The fourth-order valence-corrected chi connectivity index (χ4v) is 3.34. The number of nitrogens with two attached hydrogens (primary N) is 1. The molecule has 5 unspecified atom stereocenters. The van der Waals surface area contributed by atoms with E-state index in [1.807, 2.05) is 0 Å². The van der Waals surface area contributed by atoms with E-state index in [9.17, 15) is 14.7 Å². The molecular formula is C13H22N2O3. The minimum atomic E-state index is -0.866. The van der Waals surface area contributed by atoms with Crippen molar-refractivity contribution in [2.75, 3.05) is 6.54 Å². The Morgan fingerprint density at radius 1 is 1.33 bits per heavy atom. The SMILES string of the molecule is CC(N)C(C)C(=O)N1CC2CCCC2C1C(=O)O. The highest BCUT2D eigenvalue weighted by molar-refractivity contribution is 5.86. The zero-order chi connectivity index (χ0) is 13.4. The Hall–Kier alpha value is -1.10. The van der Waals surface area contributed by atoms with Gasteiger partial charge in [-0.1, -0.05) is 13.3 Å².